The van der Waals surface area contributed by atoms with Crippen LogP contribution < -0.4 is 14.4 Å². The third-order valence-corrected chi connectivity index (χ3v) is 13.9. The average Bonchev–Trinajstić information content (AvgIpc) is 3.17. The maximum absolute atomic E-state index is 14.5. The molecule has 1 saturated heterocycles. The van der Waals surface area contributed by atoms with Crippen LogP contribution in [0, 0.1) is 17.8 Å². The molecular formula is C38H50ClN5O5S. The molecule has 270 valence electrons. The van der Waals surface area contributed by atoms with Crippen LogP contribution in [-0.2, 0) is 26.5 Å². The molecule has 6 atom stereocenters. The highest BCUT2D eigenvalue weighted by Crippen LogP contribution is 2.47. The number of nitrogens with one attached hydrogen (secondary N) is 1. The molecule has 5 aliphatic rings. The summed E-state index contributed by atoms with van der Waals surface area (Å²) in [4.78, 5) is 33.3. The van der Waals surface area contributed by atoms with Gasteiger partial charge in [0.2, 0.25) is 0 Å². The fraction of sp³-hybridized carbons (Fsp3) is 0.579. The van der Waals surface area contributed by atoms with Gasteiger partial charge in [-0.25, -0.2) is 9.00 Å². The Labute approximate surface area is 301 Å². The summed E-state index contributed by atoms with van der Waals surface area (Å²) in [5.74, 6) is 0.805. The van der Waals surface area contributed by atoms with Crippen LogP contribution in [0.4, 0.5) is 10.5 Å². The van der Waals surface area contributed by atoms with E-state index in [0.29, 0.717) is 43.5 Å². The smallest absolute Gasteiger partial charge is 0.329 e. The van der Waals surface area contributed by atoms with Gasteiger partial charge in [0.25, 0.3) is 5.91 Å². The number of hydrogen-bond donors (Lipinski definition) is 1. The average molecular weight is 724 g/mol. The van der Waals surface area contributed by atoms with E-state index in [1.807, 2.05) is 39.2 Å². The number of ether oxygens (including phenoxy) is 2. The number of aryl methyl sites for hydroxylation is 1. The van der Waals surface area contributed by atoms with E-state index < -0.39 is 21.9 Å². The molecule has 1 saturated carbocycles. The lowest BCUT2D eigenvalue weighted by Gasteiger charge is -2.46. The number of halogens is 1. The van der Waals surface area contributed by atoms with Gasteiger partial charge in [0.05, 0.1) is 24.2 Å². The number of likely N-dealkylation sites (N-methyl/N-ethyl adjacent to an activating group) is 1. The second kappa shape index (κ2) is 14.1. The summed E-state index contributed by atoms with van der Waals surface area (Å²) < 4.78 is 34.2. The van der Waals surface area contributed by atoms with Crippen molar-refractivity contribution in [3.05, 3.63) is 70.3 Å². The normalized spacial score (nSPS) is 32.1. The Bertz CT molecular complexity index is 1790. The third kappa shape index (κ3) is 7.03. The molecule has 3 heterocycles. The number of allylic oxidation sites excluding steroid dienone is 1. The fourth-order valence-corrected chi connectivity index (χ4v) is 10.6. The summed E-state index contributed by atoms with van der Waals surface area (Å²) in [6.07, 6.45) is 10.0. The summed E-state index contributed by atoms with van der Waals surface area (Å²) >= 11 is 6.46. The van der Waals surface area contributed by atoms with Gasteiger partial charge in [-0.15, -0.1) is 4.36 Å². The second-order valence-corrected chi connectivity index (χ2v) is 17.8. The van der Waals surface area contributed by atoms with Crippen LogP contribution in [-0.4, -0.2) is 97.8 Å². The van der Waals surface area contributed by atoms with Gasteiger partial charge in [0, 0.05) is 55.3 Å². The van der Waals surface area contributed by atoms with Crippen LogP contribution >= 0.6 is 11.6 Å². The fourth-order valence-electron chi connectivity index (χ4n) is 8.52. The van der Waals surface area contributed by atoms with Crippen LogP contribution in [0.2, 0.25) is 5.02 Å². The predicted octanol–water partition coefficient (Wildman–Crippen LogP) is 5.93. The van der Waals surface area contributed by atoms with Crippen molar-refractivity contribution in [2.75, 3.05) is 64.6 Å². The Morgan fingerprint density at radius 2 is 1.98 bits per heavy atom. The minimum atomic E-state index is -3.45. The Kier molecular flexibility index (Phi) is 9.97. The number of carbonyl (C=O) groups is 2. The number of rotatable bonds is 3. The van der Waals surface area contributed by atoms with Crippen molar-refractivity contribution in [3.8, 4) is 5.75 Å². The summed E-state index contributed by atoms with van der Waals surface area (Å²) in [5, 5.41) is 0.747. The lowest BCUT2D eigenvalue weighted by Crippen LogP contribution is -2.62. The Morgan fingerprint density at radius 3 is 2.72 bits per heavy atom. The van der Waals surface area contributed by atoms with E-state index >= 15 is 0 Å². The van der Waals surface area contributed by atoms with E-state index in [1.54, 1.807) is 18.1 Å². The van der Waals surface area contributed by atoms with Crippen molar-refractivity contribution < 1.29 is 23.3 Å². The third-order valence-electron chi connectivity index (χ3n) is 11.6. The molecule has 1 spiro atoms. The Balaban J connectivity index is 1.27. The first-order valence-electron chi connectivity index (χ1n) is 18.0. The van der Waals surface area contributed by atoms with E-state index in [9.17, 15) is 13.8 Å². The van der Waals surface area contributed by atoms with Gasteiger partial charge in [-0.3, -0.25) is 9.52 Å². The number of anilines is 1. The van der Waals surface area contributed by atoms with E-state index in [0.717, 1.165) is 61.7 Å². The van der Waals surface area contributed by atoms with Gasteiger partial charge in [-0.1, -0.05) is 36.7 Å². The molecule has 1 N–H and O–H groups in total. The maximum atomic E-state index is 14.5. The molecule has 2 aromatic carbocycles. The van der Waals surface area contributed by atoms with Gasteiger partial charge in [0.15, 0.2) is 0 Å². The molecule has 2 aromatic rings. The topological polar surface area (TPSA) is 104 Å². The first-order chi connectivity index (χ1) is 24.0. The molecule has 12 heteroatoms. The van der Waals surface area contributed by atoms with E-state index in [1.165, 1.54) is 11.1 Å². The van der Waals surface area contributed by atoms with Crippen molar-refractivity contribution in [2.45, 2.75) is 63.0 Å². The number of benzene rings is 2. The van der Waals surface area contributed by atoms with Crippen molar-refractivity contribution >= 4 is 39.1 Å². The van der Waals surface area contributed by atoms with E-state index in [4.69, 9.17) is 21.1 Å². The van der Waals surface area contributed by atoms with E-state index in [2.05, 4.69) is 43.2 Å². The zero-order chi connectivity index (χ0) is 35.2. The molecule has 2 aliphatic carbocycles. The van der Waals surface area contributed by atoms with Crippen molar-refractivity contribution in [1.29, 1.82) is 0 Å². The molecule has 10 nitrogen and oxygen atoms in total. The van der Waals surface area contributed by atoms with Crippen LogP contribution in [0.3, 0.4) is 0 Å². The SMILES string of the molecule is CO[C@H]1/C=C\C[C@H](C)CS(=O)(NC(=O)N2CC(N(C)C)C2)=NC(=O)c2ccc3c(c2)N(C[C@@H]2CC[C@H]21)C[C@@]1(CCCc2cc(Cl)ccc21)CO3. The number of hydrogen-bond acceptors (Lipinski definition) is 7. The van der Waals surface area contributed by atoms with Crippen LogP contribution in [0.25, 0.3) is 0 Å². The summed E-state index contributed by atoms with van der Waals surface area (Å²) in [5.41, 5.74) is 3.47. The highest BCUT2D eigenvalue weighted by Gasteiger charge is 2.44. The van der Waals surface area contributed by atoms with Crippen LogP contribution in [0.1, 0.15) is 60.5 Å². The summed E-state index contributed by atoms with van der Waals surface area (Å²) in [6, 6.07) is 11.4. The molecule has 7 rings (SSSR count). The number of likely N-dealkylation sites (tertiary alicyclic amines) is 1. The highest BCUT2D eigenvalue weighted by molar-refractivity contribution is 7.92. The minimum absolute atomic E-state index is 0.0409. The molecular weight excluding hydrogens is 674 g/mol. The Hall–Kier alpha value is -3.12. The number of nitrogens with zero attached hydrogens (tertiary/aromatic N) is 4. The van der Waals surface area contributed by atoms with Gasteiger partial charge in [0.1, 0.15) is 15.7 Å². The molecule has 50 heavy (non-hydrogen) atoms. The number of fused-ring (bicyclic) bond motifs is 4. The van der Waals surface area contributed by atoms with Gasteiger partial charge < -0.3 is 24.2 Å². The first kappa shape index (κ1) is 35.3. The molecule has 1 unspecified atom stereocenters. The molecule has 3 amide bonds. The molecule has 0 radical (unpaired) electrons. The number of amides is 3. The monoisotopic (exact) mass is 723 g/mol. The number of carbonyl (C=O) groups excluding carboxylic acids is 2. The quantitative estimate of drug-likeness (QED) is 0.392. The molecule has 2 bridgehead atoms. The van der Waals surface area contributed by atoms with Gasteiger partial charge in [-0.2, -0.15) is 0 Å². The zero-order valence-corrected chi connectivity index (χ0v) is 31.2. The maximum Gasteiger partial charge on any atom is 0.329 e. The van der Waals surface area contributed by atoms with Crippen LogP contribution in [0.5, 0.6) is 5.75 Å². The van der Waals surface area contributed by atoms with Gasteiger partial charge >= 0.3 is 6.03 Å². The minimum Gasteiger partial charge on any atom is -0.490 e. The first-order valence-corrected chi connectivity index (χ1v) is 20.0. The largest absolute Gasteiger partial charge is 0.490 e. The number of methoxy groups -OCH3 is 1. The lowest BCUT2D eigenvalue weighted by atomic mass is 9.68. The van der Waals surface area contributed by atoms with Crippen molar-refractivity contribution in [3.63, 3.8) is 0 Å². The van der Waals surface area contributed by atoms with Crippen molar-refractivity contribution in [2.24, 2.45) is 22.1 Å². The van der Waals surface area contributed by atoms with Gasteiger partial charge in [-0.05, 0) is 112 Å². The Morgan fingerprint density at radius 1 is 1.16 bits per heavy atom. The van der Waals surface area contributed by atoms with E-state index in [-0.39, 0.29) is 29.2 Å². The standard InChI is InChI=1S/C38H50ClN5O5S/c1-25-7-5-9-34(48-4)31-13-10-28(31)19-44-23-38(16-6-8-26-17-29(39)12-14-32(26)38)24-49-35-15-11-27(18-33(35)44)36(45)40-50(47,22-25)41-37(46)43-20-30(21-43)42(2)3/h5,9,11-12,14-15,17-18,25,28,30-31,34H,6-8,10,13,16,19-24H2,1-4H3,(H,40,41,45,46,47)/b9-5-/t25-,28-,31+,34-,38-,50?/m0/s1. The zero-order valence-electron chi connectivity index (χ0n) is 29.6. The van der Waals surface area contributed by atoms with Crippen LogP contribution in [0.15, 0.2) is 52.9 Å². The number of urea groups is 1. The second-order valence-electron chi connectivity index (χ2n) is 15.4. The van der Waals surface area contributed by atoms with Crippen molar-refractivity contribution in [1.82, 2.24) is 14.5 Å². The highest BCUT2D eigenvalue weighted by atomic mass is 35.5. The lowest BCUT2D eigenvalue weighted by molar-refractivity contribution is 0.0131. The molecule has 3 aliphatic heterocycles. The molecule has 2 fully saturated rings. The molecule has 0 aromatic heterocycles. The summed E-state index contributed by atoms with van der Waals surface area (Å²) in [7, 11) is 2.27. The summed E-state index contributed by atoms with van der Waals surface area (Å²) in [6.45, 7) is 5.07. The predicted molar refractivity (Wildman–Crippen MR) is 197 cm³/mol.